The molecule has 0 saturated carbocycles. The van der Waals surface area contributed by atoms with Crippen LogP contribution in [-0.2, 0) is 5.41 Å². The van der Waals surface area contributed by atoms with Crippen LogP contribution in [0.25, 0.3) is 0 Å². The highest BCUT2D eigenvalue weighted by atomic mass is 35.5. The van der Waals surface area contributed by atoms with Gasteiger partial charge in [0.15, 0.2) is 0 Å². The second kappa shape index (κ2) is 5.55. The van der Waals surface area contributed by atoms with E-state index in [1.165, 1.54) is 11.1 Å². The maximum atomic E-state index is 13.2. The number of rotatable bonds is 2. The molecule has 0 aliphatic carbocycles. The van der Waals surface area contributed by atoms with Gasteiger partial charge in [0.1, 0.15) is 5.82 Å². The molecule has 0 atom stereocenters. The van der Waals surface area contributed by atoms with Crippen LogP contribution in [0.2, 0.25) is 5.02 Å². The highest BCUT2D eigenvalue weighted by molar-refractivity contribution is 6.30. The van der Waals surface area contributed by atoms with Crippen molar-refractivity contribution in [3.05, 3.63) is 70.5 Å². The van der Waals surface area contributed by atoms with Crippen molar-refractivity contribution in [2.75, 3.05) is 13.1 Å². The van der Waals surface area contributed by atoms with E-state index >= 15 is 0 Å². The Morgan fingerprint density at radius 1 is 0.850 bits per heavy atom. The number of hydrogen-bond donors (Lipinski definition) is 1. The van der Waals surface area contributed by atoms with E-state index in [-0.39, 0.29) is 11.2 Å². The van der Waals surface area contributed by atoms with Crippen LogP contribution >= 0.6 is 11.6 Å². The van der Waals surface area contributed by atoms with Crippen LogP contribution in [-0.4, -0.2) is 13.1 Å². The van der Waals surface area contributed by atoms with Crippen LogP contribution in [0.15, 0.2) is 48.5 Å². The molecule has 0 amide bonds. The van der Waals surface area contributed by atoms with Gasteiger partial charge in [-0.1, -0.05) is 35.9 Å². The van der Waals surface area contributed by atoms with Gasteiger partial charge in [0.2, 0.25) is 0 Å². The summed E-state index contributed by atoms with van der Waals surface area (Å²) in [6.07, 6.45) is 2.03. The normalized spacial score (nSPS) is 17.9. The Morgan fingerprint density at radius 2 is 1.35 bits per heavy atom. The molecule has 0 radical (unpaired) electrons. The molecule has 20 heavy (non-hydrogen) atoms. The van der Waals surface area contributed by atoms with E-state index in [0.29, 0.717) is 0 Å². The molecule has 1 heterocycles. The minimum absolute atomic E-state index is 0.0382. The SMILES string of the molecule is Fc1ccc(C2(c3ccc(Cl)cc3)CCNCC2)cc1. The number of nitrogens with one attached hydrogen (secondary N) is 1. The summed E-state index contributed by atoms with van der Waals surface area (Å²) in [5.74, 6) is -0.186. The standard InChI is InChI=1S/C17H17ClFN/c18-15-5-1-13(2-6-15)17(9-11-20-12-10-17)14-3-7-16(19)8-4-14/h1-8,20H,9-12H2. The first kappa shape index (κ1) is 13.6. The lowest BCUT2D eigenvalue weighted by Crippen LogP contribution is -2.40. The summed E-state index contributed by atoms with van der Waals surface area (Å²) in [6.45, 7) is 1.94. The van der Waals surface area contributed by atoms with E-state index in [1.54, 1.807) is 12.1 Å². The lowest BCUT2D eigenvalue weighted by Gasteiger charge is -2.39. The van der Waals surface area contributed by atoms with Gasteiger partial charge >= 0.3 is 0 Å². The van der Waals surface area contributed by atoms with Crippen molar-refractivity contribution in [3.8, 4) is 0 Å². The average molecular weight is 290 g/mol. The topological polar surface area (TPSA) is 12.0 Å². The maximum Gasteiger partial charge on any atom is 0.123 e. The molecule has 0 unspecified atom stereocenters. The molecule has 2 aromatic carbocycles. The lowest BCUT2D eigenvalue weighted by molar-refractivity contribution is 0.362. The zero-order valence-electron chi connectivity index (χ0n) is 11.2. The van der Waals surface area contributed by atoms with Gasteiger partial charge in [-0.05, 0) is 61.3 Å². The van der Waals surface area contributed by atoms with E-state index in [9.17, 15) is 4.39 Å². The highest BCUT2D eigenvalue weighted by Crippen LogP contribution is 2.40. The van der Waals surface area contributed by atoms with Crippen molar-refractivity contribution in [1.82, 2.24) is 5.32 Å². The fourth-order valence-corrected chi connectivity index (χ4v) is 3.26. The van der Waals surface area contributed by atoms with Crippen LogP contribution in [0.5, 0.6) is 0 Å². The van der Waals surface area contributed by atoms with Crippen molar-refractivity contribution < 1.29 is 4.39 Å². The molecule has 2 aromatic rings. The quantitative estimate of drug-likeness (QED) is 0.876. The molecule has 104 valence electrons. The molecule has 3 heteroatoms. The highest BCUT2D eigenvalue weighted by Gasteiger charge is 2.35. The fraction of sp³-hybridized carbons (Fsp3) is 0.294. The third-order valence-corrected chi connectivity index (χ3v) is 4.50. The van der Waals surface area contributed by atoms with Gasteiger partial charge in [-0.25, -0.2) is 4.39 Å². The van der Waals surface area contributed by atoms with Gasteiger partial charge in [0.05, 0.1) is 0 Å². The van der Waals surface area contributed by atoms with E-state index in [2.05, 4.69) is 17.4 Å². The van der Waals surface area contributed by atoms with Crippen molar-refractivity contribution in [2.45, 2.75) is 18.3 Å². The summed E-state index contributed by atoms with van der Waals surface area (Å²) in [5.41, 5.74) is 2.40. The van der Waals surface area contributed by atoms with Crippen LogP contribution in [0.4, 0.5) is 4.39 Å². The smallest absolute Gasteiger partial charge is 0.123 e. The lowest BCUT2D eigenvalue weighted by atomic mass is 9.68. The first-order valence-electron chi connectivity index (χ1n) is 6.93. The molecule has 0 bridgehead atoms. The number of halogens is 2. The van der Waals surface area contributed by atoms with Gasteiger partial charge in [-0.2, -0.15) is 0 Å². The Labute approximate surface area is 123 Å². The van der Waals surface area contributed by atoms with Crippen molar-refractivity contribution >= 4 is 11.6 Å². The molecule has 1 aliphatic heterocycles. The maximum absolute atomic E-state index is 13.2. The molecule has 0 spiro atoms. The number of hydrogen-bond acceptors (Lipinski definition) is 1. The predicted molar refractivity (Wildman–Crippen MR) is 80.7 cm³/mol. The van der Waals surface area contributed by atoms with Crippen molar-refractivity contribution in [3.63, 3.8) is 0 Å². The summed E-state index contributed by atoms with van der Waals surface area (Å²) in [5, 5.41) is 4.15. The van der Waals surface area contributed by atoms with Crippen LogP contribution in [0.1, 0.15) is 24.0 Å². The summed E-state index contributed by atoms with van der Waals surface area (Å²) >= 11 is 6.00. The average Bonchev–Trinajstić information content (AvgIpc) is 2.49. The van der Waals surface area contributed by atoms with Crippen molar-refractivity contribution in [2.24, 2.45) is 0 Å². The first-order valence-corrected chi connectivity index (χ1v) is 7.31. The Hall–Kier alpha value is -1.38. The van der Waals surface area contributed by atoms with Gasteiger partial charge in [-0.15, -0.1) is 0 Å². The zero-order chi connectivity index (χ0) is 14.0. The largest absolute Gasteiger partial charge is 0.317 e. The van der Waals surface area contributed by atoms with Crippen molar-refractivity contribution in [1.29, 1.82) is 0 Å². The first-order chi connectivity index (χ1) is 9.71. The van der Waals surface area contributed by atoms with Gasteiger partial charge in [-0.3, -0.25) is 0 Å². The molecular formula is C17H17ClFN. The van der Waals surface area contributed by atoms with Gasteiger partial charge in [0, 0.05) is 10.4 Å². The second-order valence-corrected chi connectivity index (χ2v) is 5.78. The minimum Gasteiger partial charge on any atom is -0.317 e. The van der Waals surface area contributed by atoms with E-state index in [1.807, 2.05) is 24.3 Å². The number of benzene rings is 2. The molecule has 1 N–H and O–H groups in total. The molecule has 3 rings (SSSR count). The third-order valence-electron chi connectivity index (χ3n) is 4.25. The van der Waals surface area contributed by atoms with E-state index < -0.39 is 0 Å². The Kier molecular flexibility index (Phi) is 3.77. The van der Waals surface area contributed by atoms with Gasteiger partial charge < -0.3 is 5.32 Å². The molecule has 1 fully saturated rings. The molecule has 0 aromatic heterocycles. The Balaban J connectivity index is 2.08. The van der Waals surface area contributed by atoms with E-state index in [0.717, 1.165) is 31.0 Å². The molecule has 1 aliphatic rings. The third kappa shape index (κ3) is 2.46. The predicted octanol–water partition coefficient (Wildman–Crippen LogP) is 4.15. The molecule has 1 nitrogen and oxygen atoms in total. The van der Waals surface area contributed by atoms with Crippen LogP contribution < -0.4 is 5.32 Å². The molecule has 1 saturated heterocycles. The number of piperidine rings is 1. The summed E-state index contributed by atoms with van der Waals surface area (Å²) < 4.78 is 13.2. The van der Waals surface area contributed by atoms with Crippen LogP contribution in [0, 0.1) is 5.82 Å². The minimum atomic E-state index is -0.186. The monoisotopic (exact) mass is 289 g/mol. The Morgan fingerprint density at radius 3 is 1.90 bits per heavy atom. The summed E-state index contributed by atoms with van der Waals surface area (Å²) in [6, 6.07) is 15.0. The fourth-order valence-electron chi connectivity index (χ4n) is 3.14. The zero-order valence-corrected chi connectivity index (χ0v) is 12.0. The van der Waals surface area contributed by atoms with Gasteiger partial charge in [0.25, 0.3) is 0 Å². The summed E-state index contributed by atoms with van der Waals surface area (Å²) in [7, 11) is 0. The second-order valence-electron chi connectivity index (χ2n) is 5.35. The Bertz CT molecular complexity index is 523. The van der Waals surface area contributed by atoms with Crippen LogP contribution in [0.3, 0.4) is 0 Å². The molecular weight excluding hydrogens is 273 g/mol. The van der Waals surface area contributed by atoms with E-state index in [4.69, 9.17) is 11.6 Å². The summed E-state index contributed by atoms with van der Waals surface area (Å²) in [4.78, 5) is 0.